The van der Waals surface area contributed by atoms with Crippen molar-refractivity contribution >= 4 is 21.6 Å². The van der Waals surface area contributed by atoms with Crippen molar-refractivity contribution in [3.63, 3.8) is 0 Å². The van der Waals surface area contributed by atoms with Crippen molar-refractivity contribution in [1.82, 2.24) is 9.62 Å². The van der Waals surface area contributed by atoms with Crippen molar-refractivity contribution in [3.8, 4) is 5.75 Å². The minimum Gasteiger partial charge on any atom is -0.492 e. The van der Waals surface area contributed by atoms with Crippen molar-refractivity contribution in [2.24, 2.45) is 0 Å². The third-order valence-electron chi connectivity index (χ3n) is 2.42. The molecule has 20 heavy (non-hydrogen) atoms. The highest BCUT2D eigenvalue weighted by molar-refractivity contribution is 7.89. The standard InChI is InChI=1S/C12H19N3O4S/c1-15(2)12(16)9-14-20(17,18)7-6-19-11-5-3-4-10(13)8-11/h3-5,8,14H,6-7,9,13H2,1-2H3. The van der Waals surface area contributed by atoms with Crippen LogP contribution in [0.4, 0.5) is 5.69 Å². The second-order valence-electron chi connectivity index (χ2n) is 4.35. The Balaban J connectivity index is 2.38. The highest BCUT2D eigenvalue weighted by Crippen LogP contribution is 2.14. The first-order chi connectivity index (χ1) is 9.30. The number of nitrogen functional groups attached to an aromatic ring is 1. The Bertz CT molecular complexity index is 558. The highest BCUT2D eigenvalue weighted by Gasteiger charge is 2.13. The number of ether oxygens (including phenoxy) is 1. The van der Waals surface area contributed by atoms with E-state index in [0.29, 0.717) is 11.4 Å². The summed E-state index contributed by atoms with van der Waals surface area (Å²) < 4.78 is 30.8. The fourth-order valence-corrected chi connectivity index (χ4v) is 2.07. The topological polar surface area (TPSA) is 102 Å². The number of hydrogen-bond acceptors (Lipinski definition) is 5. The summed E-state index contributed by atoms with van der Waals surface area (Å²) in [4.78, 5) is 12.6. The minimum absolute atomic E-state index is 0.0189. The van der Waals surface area contributed by atoms with Crippen molar-refractivity contribution in [2.45, 2.75) is 0 Å². The number of nitrogens with two attached hydrogens (primary N) is 1. The molecule has 8 heteroatoms. The molecule has 0 aromatic heterocycles. The third-order valence-corrected chi connectivity index (χ3v) is 3.71. The van der Waals surface area contributed by atoms with E-state index < -0.39 is 10.0 Å². The fourth-order valence-electron chi connectivity index (χ4n) is 1.28. The van der Waals surface area contributed by atoms with Crippen LogP contribution in [0.15, 0.2) is 24.3 Å². The summed E-state index contributed by atoms with van der Waals surface area (Å²) in [6.07, 6.45) is 0. The molecule has 0 aliphatic rings. The van der Waals surface area contributed by atoms with Crippen LogP contribution < -0.4 is 15.2 Å². The van der Waals surface area contributed by atoms with Gasteiger partial charge in [-0.1, -0.05) is 6.07 Å². The number of carbonyl (C=O) groups is 1. The molecule has 0 radical (unpaired) electrons. The molecule has 1 aromatic carbocycles. The molecule has 1 rings (SSSR count). The van der Waals surface area contributed by atoms with Crippen LogP contribution in [0.5, 0.6) is 5.75 Å². The summed E-state index contributed by atoms with van der Waals surface area (Å²) in [6.45, 7) is -0.275. The van der Waals surface area contributed by atoms with Gasteiger partial charge in [0.05, 0.1) is 12.3 Å². The van der Waals surface area contributed by atoms with Crippen molar-refractivity contribution in [3.05, 3.63) is 24.3 Å². The number of nitrogens with one attached hydrogen (secondary N) is 1. The number of sulfonamides is 1. The first-order valence-electron chi connectivity index (χ1n) is 5.96. The van der Waals surface area contributed by atoms with Gasteiger partial charge in [-0.05, 0) is 12.1 Å². The van der Waals surface area contributed by atoms with E-state index >= 15 is 0 Å². The normalized spacial score (nSPS) is 11.1. The Hall–Kier alpha value is -1.80. The van der Waals surface area contributed by atoms with Crippen LogP contribution in [0.3, 0.4) is 0 Å². The lowest BCUT2D eigenvalue weighted by Crippen LogP contribution is -2.38. The number of rotatable bonds is 7. The second kappa shape index (κ2) is 7.11. The molecule has 7 nitrogen and oxygen atoms in total. The number of nitrogens with zero attached hydrogens (tertiary/aromatic N) is 1. The lowest BCUT2D eigenvalue weighted by Gasteiger charge is -2.11. The van der Waals surface area contributed by atoms with Gasteiger partial charge in [-0.3, -0.25) is 4.79 Å². The van der Waals surface area contributed by atoms with E-state index in [1.165, 1.54) is 4.90 Å². The minimum atomic E-state index is -3.54. The molecule has 1 aromatic rings. The van der Waals surface area contributed by atoms with E-state index in [1.807, 2.05) is 0 Å². The second-order valence-corrected chi connectivity index (χ2v) is 6.28. The number of likely N-dealkylation sites (N-methyl/N-ethyl adjacent to an activating group) is 1. The molecule has 112 valence electrons. The van der Waals surface area contributed by atoms with Crippen LogP contribution in [0.2, 0.25) is 0 Å². The van der Waals surface area contributed by atoms with Gasteiger partial charge in [0.1, 0.15) is 12.4 Å². The zero-order valence-corrected chi connectivity index (χ0v) is 12.3. The molecular weight excluding hydrogens is 282 g/mol. The van der Waals surface area contributed by atoms with Gasteiger partial charge >= 0.3 is 0 Å². The predicted octanol–water partition coefficient (Wildman–Crippen LogP) is -0.345. The molecule has 0 spiro atoms. The van der Waals surface area contributed by atoms with Gasteiger partial charge in [-0.25, -0.2) is 13.1 Å². The number of hydrogen-bond donors (Lipinski definition) is 2. The summed E-state index contributed by atoms with van der Waals surface area (Å²) in [7, 11) is -0.434. The molecule has 0 atom stereocenters. The maximum absolute atomic E-state index is 11.6. The van der Waals surface area contributed by atoms with Gasteiger partial charge in [0.25, 0.3) is 0 Å². The van der Waals surface area contributed by atoms with Crippen LogP contribution in [0.1, 0.15) is 0 Å². The monoisotopic (exact) mass is 301 g/mol. The molecule has 1 amide bonds. The predicted molar refractivity (Wildman–Crippen MR) is 76.8 cm³/mol. The largest absolute Gasteiger partial charge is 0.492 e. The lowest BCUT2D eigenvalue weighted by atomic mass is 10.3. The molecule has 0 heterocycles. The summed E-state index contributed by atoms with van der Waals surface area (Å²) in [5.74, 6) is -0.0439. The smallest absolute Gasteiger partial charge is 0.237 e. The summed E-state index contributed by atoms with van der Waals surface area (Å²) in [5, 5.41) is 0. The molecule has 0 fully saturated rings. The van der Waals surface area contributed by atoms with E-state index in [-0.39, 0.29) is 24.8 Å². The highest BCUT2D eigenvalue weighted by atomic mass is 32.2. The lowest BCUT2D eigenvalue weighted by molar-refractivity contribution is -0.127. The van der Waals surface area contributed by atoms with Crippen LogP contribution in [0.25, 0.3) is 0 Å². The fraction of sp³-hybridized carbons (Fsp3) is 0.417. The van der Waals surface area contributed by atoms with Gasteiger partial charge in [-0.15, -0.1) is 0 Å². The Morgan fingerprint density at radius 1 is 1.40 bits per heavy atom. The molecule has 0 bridgehead atoms. The molecule has 0 aliphatic heterocycles. The summed E-state index contributed by atoms with van der Waals surface area (Å²) >= 11 is 0. The van der Waals surface area contributed by atoms with Crippen LogP contribution in [-0.4, -0.2) is 52.2 Å². The average Bonchev–Trinajstić information content (AvgIpc) is 2.36. The van der Waals surface area contributed by atoms with E-state index in [0.717, 1.165) is 0 Å². The molecular formula is C12H19N3O4S. The maximum atomic E-state index is 11.6. The SMILES string of the molecule is CN(C)C(=O)CNS(=O)(=O)CCOc1cccc(N)c1. The van der Waals surface area contributed by atoms with Gasteiger partial charge in [0, 0.05) is 25.8 Å². The Kier molecular flexibility index (Phi) is 5.78. The summed E-state index contributed by atoms with van der Waals surface area (Å²) in [5.41, 5.74) is 6.11. The first kappa shape index (κ1) is 16.3. The van der Waals surface area contributed by atoms with E-state index in [9.17, 15) is 13.2 Å². The van der Waals surface area contributed by atoms with Crippen molar-refractivity contribution in [2.75, 3.05) is 38.7 Å². The van der Waals surface area contributed by atoms with Crippen LogP contribution >= 0.6 is 0 Å². The first-order valence-corrected chi connectivity index (χ1v) is 7.61. The number of anilines is 1. The molecule has 0 aliphatic carbocycles. The zero-order chi connectivity index (χ0) is 15.2. The third kappa shape index (κ3) is 5.89. The van der Waals surface area contributed by atoms with Gasteiger partial charge < -0.3 is 15.4 Å². The maximum Gasteiger partial charge on any atom is 0.237 e. The quantitative estimate of drug-likeness (QED) is 0.671. The van der Waals surface area contributed by atoms with E-state index in [4.69, 9.17) is 10.5 Å². The van der Waals surface area contributed by atoms with Crippen molar-refractivity contribution < 1.29 is 17.9 Å². The van der Waals surface area contributed by atoms with Gasteiger partial charge in [0.2, 0.25) is 15.9 Å². The Labute approximate surface area is 118 Å². The zero-order valence-electron chi connectivity index (χ0n) is 11.5. The number of amides is 1. The van der Waals surface area contributed by atoms with E-state index in [2.05, 4.69) is 4.72 Å². The number of benzene rings is 1. The van der Waals surface area contributed by atoms with Crippen molar-refractivity contribution in [1.29, 1.82) is 0 Å². The molecule has 3 N–H and O–H groups in total. The summed E-state index contributed by atoms with van der Waals surface area (Å²) in [6, 6.07) is 6.72. The van der Waals surface area contributed by atoms with Gasteiger partial charge in [0.15, 0.2) is 0 Å². The van der Waals surface area contributed by atoms with Crippen LogP contribution in [0, 0.1) is 0 Å². The number of carbonyl (C=O) groups excluding carboxylic acids is 1. The molecule has 0 unspecified atom stereocenters. The Morgan fingerprint density at radius 3 is 2.70 bits per heavy atom. The van der Waals surface area contributed by atoms with Crippen LogP contribution in [-0.2, 0) is 14.8 Å². The molecule has 0 saturated carbocycles. The van der Waals surface area contributed by atoms with E-state index in [1.54, 1.807) is 38.4 Å². The molecule has 0 saturated heterocycles. The average molecular weight is 301 g/mol. The van der Waals surface area contributed by atoms with Gasteiger partial charge in [-0.2, -0.15) is 0 Å². The Morgan fingerprint density at radius 2 is 2.10 bits per heavy atom.